The van der Waals surface area contributed by atoms with Gasteiger partial charge in [0.05, 0.1) is 0 Å². The van der Waals surface area contributed by atoms with Crippen molar-refractivity contribution in [2.24, 2.45) is 0 Å². The molecule has 2 aliphatic rings. The van der Waals surface area contributed by atoms with E-state index in [9.17, 15) is 0 Å². The Labute approximate surface area is 149 Å². The van der Waals surface area contributed by atoms with Crippen molar-refractivity contribution >= 4 is 5.69 Å². The summed E-state index contributed by atoms with van der Waals surface area (Å²) >= 11 is 0. The van der Waals surface area contributed by atoms with E-state index in [1.807, 2.05) is 12.1 Å². The average molecular weight is 332 g/mol. The normalized spacial score (nSPS) is 21.3. The summed E-state index contributed by atoms with van der Waals surface area (Å²) in [5, 5.41) is 0. The highest BCUT2D eigenvalue weighted by molar-refractivity contribution is 5.40. The van der Waals surface area contributed by atoms with Crippen LogP contribution < -0.4 is 5.73 Å². The van der Waals surface area contributed by atoms with E-state index >= 15 is 0 Å². The maximum absolute atomic E-state index is 5.77. The van der Waals surface area contributed by atoms with Crippen molar-refractivity contribution in [1.29, 1.82) is 0 Å². The van der Waals surface area contributed by atoms with E-state index in [-0.39, 0.29) is 0 Å². The number of piperidine rings is 2. The Morgan fingerprint density at radius 2 is 1.42 bits per heavy atom. The number of hydrogen-bond acceptors (Lipinski definition) is 3. The van der Waals surface area contributed by atoms with E-state index in [1.54, 1.807) is 0 Å². The van der Waals surface area contributed by atoms with E-state index in [2.05, 4.69) is 42.8 Å². The molecule has 2 saturated heterocycles. The zero-order valence-corrected chi connectivity index (χ0v) is 16.0. The Kier molecular flexibility index (Phi) is 8.07. The number of hydrogen-bond donors (Lipinski definition) is 1. The van der Waals surface area contributed by atoms with E-state index < -0.39 is 0 Å². The topological polar surface area (TPSA) is 32.5 Å². The largest absolute Gasteiger partial charge is 0.399 e. The van der Waals surface area contributed by atoms with Crippen molar-refractivity contribution in [2.75, 3.05) is 39.0 Å². The SMILES string of the molecule is CCCC.CN1CCC(N2CCC(c3ccc(N)cc3)CC2)CC1. The molecule has 0 unspecified atom stereocenters. The summed E-state index contributed by atoms with van der Waals surface area (Å²) in [6, 6.07) is 9.34. The Balaban J connectivity index is 0.000000471. The minimum Gasteiger partial charge on any atom is -0.399 e. The molecule has 1 aromatic carbocycles. The second-order valence-electron chi connectivity index (χ2n) is 7.51. The predicted octanol–water partition coefficient (Wildman–Crippen LogP) is 4.35. The molecule has 0 saturated carbocycles. The van der Waals surface area contributed by atoms with Gasteiger partial charge in [-0.2, -0.15) is 0 Å². The molecule has 2 heterocycles. The zero-order chi connectivity index (χ0) is 17.4. The molecule has 0 bridgehead atoms. The van der Waals surface area contributed by atoms with E-state index in [1.165, 1.54) is 70.3 Å². The van der Waals surface area contributed by atoms with Gasteiger partial charge in [0.1, 0.15) is 0 Å². The number of likely N-dealkylation sites (tertiary alicyclic amines) is 2. The fourth-order valence-corrected chi connectivity index (χ4v) is 3.73. The Morgan fingerprint density at radius 3 is 1.92 bits per heavy atom. The fourth-order valence-electron chi connectivity index (χ4n) is 3.73. The molecule has 1 aromatic rings. The van der Waals surface area contributed by atoms with Crippen LogP contribution in [0.25, 0.3) is 0 Å². The summed E-state index contributed by atoms with van der Waals surface area (Å²) in [6.45, 7) is 9.43. The van der Waals surface area contributed by atoms with E-state index in [0.29, 0.717) is 0 Å². The standard InChI is InChI=1S/C17H27N3.C4H10/c1-19-10-8-17(9-11-19)20-12-6-15(7-13-20)14-2-4-16(18)5-3-14;1-3-4-2/h2-5,15,17H,6-13,18H2,1H3;3-4H2,1-2H3. The fraction of sp³-hybridized carbons (Fsp3) is 0.714. The number of unbranched alkanes of at least 4 members (excludes halogenated alkanes) is 1. The lowest BCUT2D eigenvalue weighted by atomic mass is 9.88. The van der Waals surface area contributed by atoms with Crippen LogP contribution in [-0.2, 0) is 0 Å². The Bertz CT molecular complexity index is 439. The van der Waals surface area contributed by atoms with Crippen LogP contribution in [0.1, 0.15) is 63.9 Å². The summed E-state index contributed by atoms with van der Waals surface area (Å²) < 4.78 is 0. The summed E-state index contributed by atoms with van der Waals surface area (Å²) in [5.74, 6) is 0.734. The molecule has 0 aromatic heterocycles. The summed E-state index contributed by atoms with van der Waals surface area (Å²) in [6.07, 6.45) is 7.94. The second-order valence-corrected chi connectivity index (χ2v) is 7.51. The van der Waals surface area contributed by atoms with Crippen molar-refractivity contribution in [3.63, 3.8) is 0 Å². The smallest absolute Gasteiger partial charge is 0.0314 e. The van der Waals surface area contributed by atoms with Crippen LogP contribution in [0.3, 0.4) is 0 Å². The lowest BCUT2D eigenvalue weighted by Gasteiger charge is -2.41. The summed E-state index contributed by atoms with van der Waals surface area (Å²) in [4.78, 5) is 5.19. The number of nitrogens with zero attached hydrogens (tertiary/aromatic N) is 2. The molecule has 3 heteroatoms. The number of benzene rings is 1. The molecular weight excluding hydrogens is 294 g/mol. The molecule has 0 amide bonds. The third-order valence-electron chi connectivity index (χ3n) is 5.64. The minimum absolute atomic E-state index is 0.734. The van der Waals surface area contributed by atoms with Gasteiger partial charge in [-0.1, -0.05) is 38.8 Å². The maximum Gasteiger partial charge on any atom is 0.0314 e. The first kappa shape index (κ1) is 19.3. The average Bonchev–Trinajstić information content (AvgIpc) is 2.63. The first-order valence-corrected chi connectivity index (χ1v) is 9.92. The lowest BCUT2D eigenvalue weighted by molar-refractivity contribution is 0.0966. The predicted molar refractivity (Wildman–Crippen MR) is 106 cm³/mol. The number of nitrogen functional groups attached to an aromatic ring is 1. The molecular formula is C21H37N3. The molecule has 24 heavy (non-hydrogen) atoms. The summed E-state index contributed by atoms with van der Waals surface area (Å²) in [5.41, 5.74) is 8.12. The van der Waals surface area contributed by atoms with Gasteiger partial charge in [0.25, 0.3) is 0 Å². The third-order valence-corrected chi connectivity index (χ3v) is 5.64. The monoisotopic (exact) mass is 331 g/mol. The highest BCUT2D eigenvalue weighted by atomic mass is 15.2. The molecule has 136 valence electrons. The van der Waals surface area contributed by atoms with Gasteiger partial charge >= 0.3 is 0 Å². The molecule has 3 rings (SSSR count). The molecule has 2 N–H and O–H groups in total. The molecule has 0 radical (unpaired) electrons. The highest BCUT2D eigenvalue weighted by Crippen LogP contribution is 2.30. The van der Waals surface area contributed by atoms with Crippen molar-refractivity contribution in [3.05, 3.63) is 29.8 Å². The van der Waals surface area contributed by atoms with Crippen LogP contribution in [0.2, 0.25) is 0 Å². The van der Waals surface area contributed by atoms with Gasteiger partial charge in [0.15, 0.2) is 0 Å². The van der Waals surface area contributed by atoms with Gasteiger partial charge in [-0.15, -0.1) is 0 Å². The van der Waals surface area contributed by atoms with Gasteiger partial charge in [-0.05, 0) is 82.5 Å². The number of nitrogens with two attached hydrogens (primary N) is 1. The Morgan fingerprint density at radius 1 is 0.875 bits per heavy atom. The number of rotatable bonds is 3. The van der Waals surface area contributed by atoms with Crippen LogP contribution in [0.15, 0.2) is 24.3 Å². The lowest BCUT2D eigenvalue weighted by Crippen LogP contribution is -2.46. The molecule has 0 aliphatic carbocycles. The van der Waals surface area contributed by atoms with Crippen LogP contribution in [0, 0.1) is 0 Å². The first-order valence-electron chi connectivity index (χ1n) is 9.92. The summed E-state index contributed by atoms with van der Waals surface area (Å²) in [7, 11) is 2.24. The van der Waals surface area contributed by atoms with Crippen LogP contribution >= 0.6 is 0 Å². The van der Waals surface area contributed by atoms with Crippen LogP contribution in [0.4, 0.5) is 5.69 Å². The van der Waals surface area contributed by atoms with Gasteiger partial charge in [-0.3, -0.25) is 0 Å². The van der Waals surface area contributed by atoms with Crippen LogP contribution in [-0.4, -0.2) is 49.1 Å². The maximum atomic E-state index is 5.77. The van der Waals surface area contributed by atoms with Crippen molar-refractivity contribution in [1.82, 2.24) is 9.80 Å². The van der Waals surface area contributed by atoms with E-state index in [4.69, 9.17) is 5.73 Å². The van der Waals surface area contributed by atoms with Crippen LogP contribution in [0.5, 0.6) is 0 Å². The zero-order valence-electron chi connectivity index (χ0n) is 16.0. The quantitative estimate of drug-likeness (QED) is 0.836. The van der Waals surface area contributed by atoms with Crippen molar-refractivity contribution in [2.45, 2.75) is 64.3 Å². The molecule has 0 spiro atoms. The van der Waals surface area contributed by atoms with Gasteiger partial charge in [0.2, 0.25) is 0 Å². The third kappa shape index (κ3) is 5.78. The highest BCUT2D eigenvalue weighted by Gasteiger charge is 2.27. The molecule has 2 aliphatic heterocycles. The Hall–Kier alpha value is -1.06. The van der Waals surface area contributed by atoms with Crippen molar-refractivity contribution < 1.29 is 0 Å². The van der Waals surface area contributed by atoms with Gasteiger partial charge < -0.3 is 15.5 Å². The molecule has 3 nitrogen and oxygen atoms in total. The number of anilines is 1. The van der Waals surface area contributed by atoms with Gasteiger partial charge in [-0.25, -0.2) is 0 Å². The molecule has 2 fully saturated rings. The minimum atomic E-state index is 0.734. The van der Waals surface area contributed by atoms with Gasteiger partial charge in [0, 0.05) is 11.7 Å². The van der Waals surface area contributed by atoms with Crippen molar-refractivity contribution in [3.8, 4) is 0 Å². The second kappa shape index (κ2) is 10.0. The first-order chi connectivity index (χ1) is 11.6. The van der Waals surface area contributed by atoms with E-state index in [0.717, 1.165) is 17.6 Å². The molecule has 0 atom stereocenters.